The van der Waals surface area contributed by atoms with Gasteiger partial charge in [-0.1, -0.05) is 0 Å². The summed E-state index contributed by atoms with van der Waals surface area (Å²) in [5.41, 5.74) is 2.93. The van der Waals surface area contributed by atoms with Crippen LogP contribution in [-0.2, 0) is 22.5 Å². The lowest BCUT2D eigenvalue weighted by Gasteiger charge is -2.25. The van der Waals surface area contributed by atoms with Crippen molar-refractivity contribution in [2.24, 2.45) is 5.92 Å². The second-order valence-electron chi connectivity index (χ2n) is 7.73. The number of nitrogens with zero attached hydrogens (tertiary/aromatic N) is 4. The van der Waals surface area contributed by atoms with E-state index in [4.69, 9.17) is 9.57 Å². The molecule has 0 saturated carbocycles. The largest absolute Gasteiger partial charge is 0.494 e. The maximum absolute atomic E-state index is 12.7. The average molecular weight is 453 g/mol. The first-order chi connectivity index (χ1) is 15.6. The fraction of sp³-hybridized carbons (Fsp3) is 0.364. The van der Waals surface area contributed by atoms with E-state index in [0.717, 1.165) is 45.5 Å². The first kappa shape index (κ1) is 20.7. The van der Waals surface area contributed by atoms with Crippen molar-refractivity contribution in [1.82, 2.24) is 25.2 Å². The maximum atomic E-state index is 12.7. The number of aromatic amines is 1. The first-order valence-corrected chi connectivity index (χ1v) is 11.3. The molecule has 0 bridgehead atoms. The molecule has 166 valence electrons. The number of rotatable bonds is 6. The van der Waals surface area contributed by atoms with E-state index in [1.54, 1.807) is 38.0 Å². The number of fused-ring (bicyclic) bond motifs is 4. The molecule has 4 aromatic rings. The number of carbonyl (C=O) groups excluding carboxylic acids is 1. The summed E-state index contributed by atoms with van der Waals surface area (Å²) in [5, 5.41) is 13.9. The van der Waals surface area contributed by atoms with Crippen LogP contribution in [0.25, 0.3) is 21.1 Å². The smallest absolute Gasteiger partial charge is 0.249 e. The molecule has 0 fully saturated rings. The topological polar surface area (TPSA) is 105 Å². The standard InChI is InChI=1S/C22H24N6O3S/c1-4-31-28(2)22(29)12-5-6-14-18(8-12)32-21-19(14)20(23-11-24-21)26-16-7-13-10-25-27-15(13)9-17(16)30-3/h7,9-12H,4-6,8H2,1-3H3,(H,25,27)(H,23,24,26)/t12-/m0/s1. The molecule has 1 atom stereocenters. The third kappa shape index (κ3) is 3.55. The number of hydrogen-bond donors (Lipinski definition) is 2. The molecule has 1 aromatic carbocycles. The zero-order valence-electron chi connectivity index (χ0n) is 18.1. The monoisotopic (exact) mass is 452 g/mol. The fourth-order valence-corrected chi connectivity index (χ4v) is 5.56. The Morgan fingerprint density at radius 1 is 1.38 bits per heavy atom. The van der Waals surface area contributed by atoms with Gasteiger partial charge < -0.3 is 10.1 Å². The minimum atomic E-state index is -0.0833. The van der Waals surface area contributed by atoms with Gasteiger partial charge >= 0.3 is 0 Å². The van der Waals surface area contributed by atoms with E-state index >= 15 is 0 Å². The highest BCUT2D eigenvalue weighted by Gasteiger charge is 2.31. The molecule has 0 saturated heterocycles. The lowest BCUT2D eigenvalue weighted by Crippen LogP contribution is -2.35. The van der Waals surface area contributed by atoms with Gasteiger partial charge in [-0.25, -0.2) is 15.0 Å². The van der Waals surface area contributed by atoms with Crippen molar-refractivity contribution in [2.45, 2.75) is 26.2 Å². The summed E-state index contributed by atoms with van der Waals surface area (Å²) >= 11 is 1.64. The van der Waals surface area contributed by atoms with Gasteiger partial charge in [0.05, 0.1) is 36.5 Å². The summed E-state index contributed by atoms with van der Waals surface area (Å²) in [6, 6.07) is 3.90. The number of hydroxylamine groups is 2. The maximum Gasteiger partial charge on any atom is 0.249 e. The molecule has 0 radical (unpaired) electrons. The van der Waals surface area contributed by atoms with Crippen molar-refractivity contribution >= 4 is 49.9 Å². The van der Waals surface area contributed by atoms with Gasteiger partial charge in [0, 0.05) is 29.3 Å². The molecule has 9 nitrogen and oxygen atoms in total. The van der Waals surface area contributed by atoms with Gasteiger partial charge in [-0.15, -0.1) is 11.3 Å². The van der Waals surface area contributed by atoms with E-state index in [9.17, 15) is 4.79 Å². The average Bonchev–Trinajstić information content (AvgIpc) is 3.41. The van der Waals surface area contributed by atoms with Crippen LogP contribution in [-0.4, -0.2) is 51.9 Å². The number of anilines is 2. The van der Waals surface area contributed by atoms with Crippen molar-refractivity contribution < 1.29 is 14.4 Å². The highest BCUT2D eigenvalue weighted by molar-refractivity contribution is 7.19. The molecule has 1 aliphatic carbocycles. The normalized spacial score (nSPS) is 15.7. The number of carbonyl (C=O) groups is 1. The summed E-state index contributed by atoms with van der Waals surface area (Å²) in [4.78, 5) is 29.3. The molecule has 32 heavy (non-hydrogen) atoms. The number of nitrogens with one attached hydrogen (secondary N) is 2. The number of amides is 1. The Morgan fingerprint density at radius 3 is 3.06 bits per heavy atom. The van der Waals surface area contributed by atoms with E-state index in [1.165, 1.54) is 15.5 Å². The number of hydrogen-bond acceptors (Lipinski definition) is 8. The molecule has 0 spiro atoms. The first-order valence-electron chi connectivity index (χ1n) is 10.5. The van der Waals surface area contributed by atoms with Crippen molar-refractivity contribution in [3.8, 4) is 5.75 Å². The van der Waals surface area contributed by atoms with Crippen LogP contribution >= 0.6 is 11.3 Å². The molecule has 1 aliphatic rings. The fourth-order valence-electron chi connectivity index (χ4n) is 4.30. The van der Waals surface area contributed by atoms with Crippen LogP contribution in [0.4, 0.5) is 11.5 Å². The lowest BCUT2D eigenvalue weighted by molar-refractivity contribution is -0.181. The number of aryl methyl sites for hydroxylation is 1. The quantitative estimate of drug-likeness (QED) is 0.428. The highest BCUT2D eigenvalue weighted by Crippen LogP contribution is 2.41. The number of benzene rings is 1. The molecule has 0 aliphatic heterocycles. The zero-order chi connectivity index (χ0) is 22.2. The van der Waals surface area contributed by atoms with Gasteiger partial charge in [-0.3, -0.25) is 14.7 Å². The Labute approximate surface area is 188 Å². The predicted octanol–water partition coefficient (Wildman–Crippen LogP) is 3.83. The van der Waals surface area contributed by atoms with Crippen molar-refractivity contribution in [1.29, 1.82) is 0 Å². The van der Waals surface area contributed by atoms with Crippen LogP contribution in [0.1, 0.15) is 23.8 Å². The minimum absolute atomic E-state index is 0.0255. The van der Waals surface area contributed by atoms with Crippen LogP contribution in [0.5, 0.6) is 5.75 Å². The Kier molecular flexibility index (Phi) is 5.40. The van der Waals surface area contributed by atoms with Gasteiger partial charge in [0.1, 0.15) is 22.7 Å². The van der Waals surface area contributed by atoms with Crippen molar-refractivity contribution in [3.63, 3.8) is 0 Å². The summed E-state index contributed by atoms with van der Waals surface area (Å²) in [6.45, 7) is 2.35. The van der Waals surface area contributed by atoms with Crippen molar-refractivity contribution in [2.75, 3.05) is 26.1 Å². The number of thiophene rings is 1. The molecule has 3 aromatic heterocycles. The van der Waals surface area contributed by atoms with E-state index in [0.29, 0.717) is 18.8 Å². The summed E-state index contributed by atoms with van der Waals surface area (Å²) < 4.78 is 5.58. The molecule has 3 heterocycles. The molecule has 10 heteroatoms. The van der Waals surface area contributed by atoms with Crippen LogP contribution in [0.3, 0.4) is 0 Å². The third-order valence-corrected chi connectivity index (χ3v) is 7.00. The van der Waals surface area contributed by atoms with E-state index in [2.05, 4.69) is 25.5 Å². The van der Waals surface area contributed by atoms with Crippen LogP contribution in [0.2, 0.25) is 0 Å². The van der Waals surface area contributed by atoms with Gasteiger partial charge in [0.2, 0.25) is 5.91 Å². The van der Waals surface area contributed by atoms with Crippen LogP contribution in [0.15, 0.2) is 24.7 Å². The van der Waals surface area contributed by atoms with E-state index in [1.807, 2.05) is 19.1 Å². The third-order valence-electron chi connectivity index (χ3n) is 5.84. The molecule has 0 unspecified atom stereocenters. The number of ether oxygens (including phenoxy) is 1. The van der Waals surface area contributed by atoms with Crippen LogP contribution in [0, 0.1) is 5.92 Å². The SMILES string of the molecule is CCON(C)C(=O)[C@H]1CCc2c(sc3ncnc(Nc4cc5cn[nH]c5cc4OC)c23)C1. The Morgan fingerprint density at radius 2 is 2.25 bits per heavy atom. The molecular formula is C22H24N6O3S. The molecule has 1 amide bonds. The predicted molar refractivity (Wildman–Crippen MR) is 123 cm³/mol. The van der Waals surface area contributed by atoms with Gasteiger partial charge in [0.25, 0.3) is 0 Å². The Hall–Kier alpha value is -3.24. The van der Waals surface area contributed by atoms with Gasteiger partial charge in [-0.05, 0) is 37.8 Å². The minimum Gasteiger partial charge on any atom is -0.494 e. The summed E-state index contributed by atoms with van der Waals surface area (Å²) in [5.74, 6) is 1.38. The second kappa shape index (κ2) is 8.36. The second-order valence-corrected chi connectivity index (χ2v) is 8.82. The number of aromatic nitrogens is 4. The summed E-state index contributed by atoms with van der Waals surface area (Å²) in [7, 11) is 3.32. The Bertz CT molecular complexity index is 1300. The van der Waals surface area contributed by atoms with Crippen LogP contribution < -0.4 is 10.1 Å². The molecular weight excluding hydrogens is 428 g/mol. The number of H-pyrrole nitrogens is 1. The summed E-state index contributed by atoms with van der Waals surface area (Å²) in [6.07, 6.45) is 5.61. The molecule has 5 rings (SSSR count). The van der Waals surface area contributed by atoms with Gasteiger partial charge in [-0.2, -0.15) is 5.10 Å². The highest BCUT2D eigenvalue weighted by atomic mass is 32.1. The lowest BCUT2D eigenvalue weighted by atomic mass is 9.87. The van der Waals surface area contributed by atoms with E-state index < -0.39 is 0 Å². The van der Waals surface area contributed by atoms with E-state index in [-0.39, 0.29) is 11.8 Å². The molecule has 2 N–H and O–H groups in total. The van der Waals surface area contributed by atoms with Crippen molar-refractivity contribution in [3.05, 3.63) is 35.1 Å². The number of methoxy groups -OCH3 is 1. The zero-order valence-corrected chi connectivity index (χ0v) is 19.0. The Balaban J connectivity index is 1.49. The van der Waals surface area contributed by atoms with Gasteiger partial charge in [0.15, 0.2) is 0 Å².